The van der Waals surface area contributed by atoms with Crippen molar-refractivity contribution in [2.24, 2.45) is 11.3 Å². The molecule has 27 heavy (non-hydrogen) atoms. The van der Waals surface area contributed by atoms with Crippen LogP contribution in [-0.4, -0.2) is 14.9 Å². The van der Waals surface area contributed by atoms with E-state index in [2.05, 4.69) is 30.7 Å². The van der Waals surface area contributed by atoms with E-state index >= 15 is 0 Å². The monoisotopic (exact) mass is 383 g/mol. The zero-order chi connectivity index (χ0) is 19.3. The van der Waals surface area contributed by atoms with Crippen LogP contribution in [0.5, 0.6) is 0 Å². The molecule has 1 N–H and O–H groups in total. The predicted octanol–water partition coefficient (Wildman–Crippen LogP) is 4.71. The molecule has 1 aliphatic rings. The minimum Gasteiger partial charge on any atom is -0.306 e. The summed E-state index contributed by atoms with van der Waals surface area (Å²) in [6.45, 7) is 6.80. The van der Waals surface area contributed by atoms with Crippen molar-refractivity contribution < 1.29 is 4.92 Å². The average molecular weight is 383 g/mol. The highest BCUT2D eigenvalue weighted by atomic mass is 32.1. The molecule has 0 saturated heterocycles. The van der Waals surface area contributed by atoms with Crippen LogP contribution in [0.25, 0.3) is 21.6 Å². The van der Waals surface area contributed by atoms with E-state index in [4.69, 9.17) is 0 Å². The van der Waals surface area contributed by atoms with Crippen LogP contribution in [0.2, 0.25) is 0 Å². The lowest BCUT2D eigenvalue weighted by Gasteiger charge is -2.33. The lowest BCUT2D eigenvalue weighted by Crippen LogP contribution is -2.26. The van der Waals surface area contributed by atoms with Crippen LogP contribution in [-0.2, 0) is 12.8 Å². The third kappa shape index (κ3) is 3.16. The van der Waals surface area contributed by atoms with Crippen molar-refractivity contribution in [3.63, 3.8) is 0 Å². The maximum Gasteiger partial charge on any atom is 0.270 e. The molecular formula is C20H21N3O3S. The van der Waals surface area contributed by atoms with Crippen LogP contribution in [0.1, 0.15) is 37.6 Å². The molecule has 0 fully saturated rings. The van der Waals surface area contributed by atoms with Gasteiger partial charge < -0.3 is 4.98 Å². The lowest BCUT2D eigenvalue weighted by atomic mass is 9.72. The van der Waals surface area contributed by atoms with E-state index in [0.717, 1.165) is 29.7 Å². The first-order valence-electron chi connectivity index (χ1n) is 9.03. The summed E-state index contributed by atoms with van der Waals surface area (Å²) in [6, 6.07) is 6.19. The van der Waals surface area contributed by atoms with E-state index in [1.54, 1.807) is 23.5 Å². The Morgan fingerprint density at radius 1 is 1.33 bits per heavy atom. The highest BCUT2D eigenvalue weighted by Gasteiger charge is 2.31. The minimum atomic E-state index is -0.448. The molecule has 4 rings (SSSR count). The fourth-order valence-corrected chi connectivity index (χ4v) is 5.13. The first-order chi connectivity index (χ1) is 12.7. The van der Waals surface area contributed by atoms with Gasteiger partial charge in [0.25, 0.3) is 11.2 Å². The fourth-order valence-electron chi connectivity index (χ4n) is 3.83. The van der Waals surface area contributed by atoms with Crippen LogP contribution < -0.4 is 5.56 Å². The Balaban J connectivity index is 1.81. The second kappa shape index (κ2) is 6.27. The van der Waals surface area contributed by atoms with E-state index in [9.17, 15) is 14.9 Å². The molecule has 1 unspecified atom stereocenters. The third-order valence-electron chi connectivity index (χ3n) is 5.47. The molecule has 0 saturated carbocycles. The molecule has 6 nitrogen and oxygen atoms in total. The number of hydrogen-bond acceptors (Lipinski definition) is 5. The SMILES string of the molecule is CC(C)(C)C1CCc2c(sc3nc(-c4cccc([N+](=O)[O-])c4)[nH]c(=O)c23)C1. The van der Waals surface area contributed by atoms with Crippen LogP contribution in [0.4, 0.5) is 5.69 Å². The molecule has 0 aliphatic heterocycles. The smallest absolute Gasteiger partial charge is 0.270 e. The van der Waals surface area contributed by atoms with Gasteiger partial charge in [-0.2, -0.15) is 0 Å². The number of aryl methyl sites for hydroxylation is 1. The first kappa shape index (κ1) is 17.9. The van der Waals surface area contributed by atoms with E-state index in [1.807, 2.05) is 0 Å². The van der Waals surface area contributed by atoms with Gasteiger partial charge >= 0.3 is 0 Å². The lowest BCUT2D eigenvalue weighted by molar-refractivity contribution is -0.384. The van der Waals surface area contributed by atoms with E-state index in [1.165, 1.54) is 17.0 Å². The highest BCUT2D eigenvalue weighted by Crippen LogP contribution is 2.42. The second-order valence-corrected chi connectivity index (χ2v) is 9.30. The zero-order valence-corrected chi connectivity index (χ0v) is 16.4. The Morgan fingerprint density at radius 3 is 2.81 bits per heavy atom. The van der Waals surface area contributed by atoms with Crippen molar-refractivity contribution in [3.8, 4) is 11.4 Å². The molecular weight excluding hydrogens is 362 g/mol. The largest absolute Gasteiger partial charge is 0.306 e. The molecule has 1 atom stereocenters. The average Bonchev–Trinajstić information content (AvgIpc) is 2.99. The van der Waals surface area contributed by atoms with Gasteiger partial charge in [0.15, 0.2) is 0 Å². The van der Waals surface area contributed by atoms with Gasteiger partial charge in [-0.1, -0.05) is 32.9 Å². The van der Waals surface area contributed by atoms with Crippen molar-refractivity contribution in [1.82, 2.24) is 9.97 Å². The topological polar surface area (TPSA) is 88.9 Å². The Morgan fingerprint density at radius 2 is 2.11 bits per heavy atom. The van der Waals surface area contributed by atoms with Gasteiger partial charge in [0, 0.05) is 22.6 Å². The van der Waals surface area contributed by atoms with Gasteiger partial charge in [-0.05, 0) is 36.2 Å². The summed E-state index contributed by atoms with van der Waals surface area (Å²) >= 11 is 1.59. The Labute approximate surface area is 160 Å². The van der Waals surface area contributed by atoms with Gasteiger partial charge in [0.05, 0.1) is 10.3 Å². The van der Waals surface area contributed by atoms with E-state index < -0.39 is 4.92 Å². The summed E-state index contributed by atoms with van der Waals surface area (Å²) in [5.74, 6) is 0.968. The summed E-state index contributed by atoms with van der Waals surface area (Å²) in [7, 11) is 0. The Kier molecular flexibility index (Phi) is 4.14. The second-order valence-electron chi connectivity index (χ2n) is 8.21. The van der Waals surface area contributed by atoms with Crippen molar-refractivity contribution in [2.75, 3.05) is 0 Å². The number of rotatable bonds is 2. The number of benzene rings is 1. The fraction of sp³-hybridized carbons (Fsp3) is 0.400. The number of aromatic nitrogens is 2. The third-order valence-corrected chi connectivity index (χ3v) is 6.62. The number of non-ortho nitro benzene ring substituents is 1. The zero-order valence-electron chi connectivity index (χ0n) is 15.5. The number of nitro groups is 1. The van der Waals surface area contributed by atoms with Gasteiger partial charge in [0.2, 0.25) is 0 Å². The Hall–Kier alpha value is -2.54. The molecule has 7 heteroatoms. The number of hydrogen-bond donors (Lipinski definition) is 1. The van der Waals surface area contributed by atoms with Crippen molar-refractivity contribution in [1.29, 1.82) is 0 Å². The van der Waals surface area contributed by atoms with Gasteiger partial charge in [0.1, 0.15) is 10.7 Å². The number of nitro benzene ring substituents is 1. The van der Waals surface area contributed by atoms with Gasteiger partial charge in [-0.25, -0.2) is 4.98 Å². The molecule has 140 valence electrons. The van der Waals surface area contributed by atoms with Gasteiger partial charge in [-0.3, -0.25) is 14.9 Å². The molecule has 1 aliphatic carbocycles. The van der Waals surface area contributed by atoms with Crippen molar-refractivity contribution in [2.45, 2.75) is 40.0 Å². The quantitative estimate of drug-likeness (QED) is 0.513. The molecule has 2 heterocycles. The Bertz CT molecular complexity index is 1110. The molecule has 1 aromatic carbocycles. The standard InChI is InChI=1S/C20H21N3O3S/c1-20(2,3)12-7-8-14-15(10-12)27-19-16(14)18(24)21-17(22-19)11-5-4-6-13(9-11)23(25)26/h4-6,9,12H,7-8,10H2,1-3H3,(H,21,22,24). The molecule has 0 bridgehead atoms. The van der Waals surface area contributed by atoms with Crippen LogP contribution >= 0.6 is 11.3 Å². The maximum absolute atomic E-state index is 12.8. The predicted molar refractivity (Wildman–Crippen MR) is 107 cm³/mol. The number of fused-ring (bicyclic) bond motifs is 3. The highest BCUT2D eigenvalue weighted by molar-refractivity contribution is 7.18. The summed E-state index contributed by atoms with van der Waals surface area (Å²) in [4.78, 5) is 32.8. The minimum absolute atomic E-state index is 0.0197. The van der Waals surface area contributed by atoms with Crippen LogP contribution in [0.3, 0.4) is 0 Å². The molecule has 0 spiro atoms. The summed E-state index contributed by atoms with van der Waals surface area (Å²) in [5.41, 5.74) is 1.74. The normalized spacial score (nSPS) is 17.1. The summed E-state index contributed by atoms with van der Waals surface area (Å²) in [6.07, 6.45) is 2.96. The van der Waals surface area contributed by atoms with Crippen LogP contribution in [0.15, 0.2) is 29.1 Å². The van der Waals surface area contributed by atoms with Gasteiger partial charge in [-0.15, -0.1) is 11.3 Å². The number of thiophene rings is 1. The number of H-pyrrole nitrogens is 1. The molecule has 0 amide bonds. The number of nitrogens with one attached hydrogen (secondary N) is 1. The number of nitrogens with zero attached hydrogens (tertiary/aromatic N) is 2. The van der Waals surface area contributed by atoms with Crippen molar-refractivity contribution in [3.05, 3.63) is 55.2 Å². The molecule has 3 aromatic rings. The summed E-state index contributed by atoms with van der Waals surface area (Å²) in [5, 5.41) is 11.7. The van der Waals surface area contributed by atoms with E-state index in [0.29, 0.717) is 22.7 Å². The first-order valence-corrected chi connectivity index (χ1v) is 9.85. The number of aromatic amines is 1. The van der Waals surface area contributed by atoms with Crippen molar-refractivity contribution >= 4 is 27.2 Å². The maximum atomic E-state index is 12.8. The van der Waals surface area contributed by atoms with E-state index in [-0.39, 0.29) is 16.7 Å². The molecule has 0 radical (unpaired) electrons. The molecule has 2 aromatic heterocycles. The van der Waals surface area contributed by atoms with Crippen LogP contribution in [0, 0.1) is 21.4 Å². The summed E-state index contributed by atoms with van der Waals surface area (Å²) < 4.78 is 0.